The van der Waals surface area contributed by atoms with Crippen molar-refractivity contribution in [1.29, 1.82) is 0 Å². The minimum absolute atomic E-state index is 0.0280. The second-order valence-electron chi connectivity index (χ2n) is 21.6. The molecule has 2 aliphatic heterocycles. The van der Waals surface area contributed by atoms with Crippen LogP contribution in [0.2, 0.25) is 0 Å². The lowest BCUT2D eigenvalue weighted by atomic mass is 9.89. The quantitative estimate of drug-likeness (QED) is 0.0347. The highest BCUT2D eigenvalue weighted by molar-refractivity contribution is 6.50. The zero-order valence-corrected chi connectivity index (χ0v) is 51.1. The number of hydrogen-bond acceptors (Lipinski definition) is 20. The molecule has 22 heteroatoms. The monoisotopic (exact) mass is 1310 g/mol. The van der Waals surface area contributed by atoms with Gasteiger partial charge in [-0.15, -0.1) is 0 Å². The topological polar surface area (TPSA) is 247 Å². The van der Waals surface area contributed by atoms with Gasteiger partial charge >= 0.3 is 47.8 Å². The van der Waals surface area contributed by atoms with E-state index in [1.54, 1.807) is 146 Å². The molecule has 480 valence electrons. The second-order valence-corrected chi connectivity index (χ2v) is 23.0. The summed E-state index contributed by atoms with van der Waals surface area (Å²) in [6.07, 6.45) is -20.9. The molecule has 0 radical (unpaired) electrons. The molecule has 3 fully saturated rings. The van der Waals surface area contributed by atoms with E-state index in [0.717, 1.165) is 0 Å². The number of hydrogen-bond donors (Lipinski definition) is 0. The highest BCUT2D eigenvalue weighted by Gasteiger charge is 2.63. The van der Waals surface area contributed by atoms with Gasteiger partial charge in [-0.1, -0.05) is 169 Å². The van der Waals surface area contributed by atoms with Gasteiger partial charge in [-0.25, -0.2) is 38.4 Å². The molecular formula is C72H58Cl2O20. The first-order chi connectivity index (χ1) is 45.7. The Morgan fingerprint density at radius 2 is 0.500 bits per heavy atom. The van der Waals surface area contributed by atoms with E-state index in [2.05, 4.69) is 0 Å². The fraction of sp³-hybridized carbons (Fsp3) is 0.222. The molecule has 20 nitrogen and oxygen atoms in total. The van der Waals surface area contributed by atoms with E-state index in [9.17, 15) is 38.4 Å². The molecule has 8 aromatic rings. The Balaban J connectivity index is 0.953. The van der Waals surface area contributed by atoms with Crippen molar-refractivity contribution in [2.45, 2.75) is 84.4 Å². The Labute approximate surface area is 548 Å². The molecule has 0 bridgehead atoms. The largest absolute Gasteiger partial charge is 0.459 e. The zero-order chi connectivity index (χ0) is 65.6. The lowest BCUT2D eigenvalue weighted by Crippen LogP contribution is -2.68. The molecule has 0 spiro atoms. The second kappa shape index (κ2) is 30.6. The van der Waals surface area contributed by atoms with E-state index in [4.69, 9.17) is 80.0 Å². The lowest BCUT2D eigenvalue weighted by molar-refractivity contribution is -0.340. The average molecular weight is 1310 g/mol. The number of ether oxygens (including phenoxy) is 12. The van der Waals surface area contributed by atoms with Crippen molar-refractivity contribution in [3.8, 4) is 0 Å². The fourth-order valence-corrected chi connectivity index (χ4v) is 11.0. The van der Waals surface area contributed by atoms with Gasteiger partial charge in [-0.05, 0) is 97.1 Å². The highest BCUT2D eigenvalue weighted by atomic mass is 35.5. The first kappa shape index (κ1) is 65.4. The molecule has 8 aromatic carbocycles. The van der Waals surface area contributed by atoms with Gasteiger partial charge < -0.3 is 56.8 Å². The molecule has 94 heavy (non-hydrogen) atoms. The fourth-order valence-electron chi connectivity index (χ4n) is 10.4. The Kier molecular flexibility index (Phi) is 21.3. The third kappa shape index (κ3) is 15.9. The van der Waals surface area contributed by atoms with Crippen LogP contribution in [0.1, 0.15) is 89.3 Å². The molecule has 12 atom stereocenters. The zero-order valence-electron chi connectivity index (χ0n) is 49.6. The third-order valence-corrected chi connectivity index (χ3v) is 16.3. The van der Waals surface area contributed by atoms with Gasteiger partial charge in [0.15, 0.2) is 53.5 Å². The van der Waals surface area contributed by atoms with Gasteiger partial charge in [0.05, 0.1) is 56.7 Å². The van der Waals surface area contributed by atoms with E-state index in [0.29, 0.717) is 0 Å². The maximum absolute atomic E-state index is 14.4. The number of halogens is 2. The summed E-state index contributed by atoms with van der Waals surface area (Å²) < 4.78 is 73.3. The first-order valence-corrected chi connectivity index (χ1v) is 30.4. The number of carbonyl (C=O) groups is 8. The Hall–Kier alpha value is -10.1. The number of alkyl halides is 2. The number of carbonyl (C=O) groups excluding carboxylic acids is 8. The molecule has 1 aliphatic carbocycles. The van der Waals surface area contributed by atoms with Gasteiger partial charge in [0.1, 0.15) is 25.4 Å². The molecule has 11 rings (SSSR count). The van der Waals surface area contributed by atoms with Gasteiger partial charge in [-0.2, -0.15) is 0 Å². The standard InChI is InChI=1S/C72H58Cl2O20/c73-72(74)54(87-70-60(93-68(81)50-37-21-7-22-38-50)58(91-66(79)48-33-17-5-18-34-48)56(89-64(77)46-29-13-3-14-30-46)52(85-70)42-83-62(75)44-25-9-1-10-26-44)41-55(72)88-71-61(94-69(82)51-39-23-8-24-40-51)59(92-67(80)49-35-19-6-20-36-49)57(90-65(78)47-31-15-4-16-32-47)53(86-71)43-84-63(76)45-27-11-2-12-28-45/h1-40,52-61,70-71H,41-43H2/t52-,53-,54-,55+,56-,57-,58+,59+,60-,61+,70+,71-/m1/s1. The summed E-state index contributed by atoms with van der Waals surface area (Å²) >= 11 is 14.7. The number of rotatable bonds is 22. The van der Waals surface area contributed by atoms with Crippen LogP contribution < -0.4 is 0 Å². The summed E-state index contributed by atoms with van der Waals surface area (Å²) in [6.45, 7) is -1.38. The van der Waals surface area contributed by atoms with Crippen LogP contribution in [0.15, 0.2) is 243 Å². The Morgan fingerprint density at radius 3 is 0.723 bits per heavy atom. The molecule has 0 N–H and O–H groups in total. The van der Waals surface area contributed by atoms with Crippen molar-refractivity contribution in [3.63, 3.8) is 0 Å². The predicted octanol–water partition coefficient (Wildman–Crippen LogP) is 10.9. The normalized spacial score (nSPS) is 23.5. The summed E-state index contributed by atoms with van der Waals surface area (Å²) in [5, 5.41) is 0. The molecule has 3 aliphatic rings. The van der Waals surface area contributed by atoms with Gasteiger partial charge in [-0.3, -0.25) is 0 Å². The van der Waals surface area contributed by atoms with Gasteiger partial charge in [0.25, 0.3) is 0 Å². The Bertz CT molecular complexity index is 3640. The predicted molar refractivity (Wildman–Crippen MR) is 333 cm³/mol. The molecule has 0 amide bonds. The summed E-state index contributed by atoms with van der Waals surface area (Å²) in [4.78, 5) is 113. The van der Waals surface area contributed by atoms with Crippen LogP contribution in [-0.2, 0) is 56.8 Å². The van der Waals surface area contributed by atoms with Gasteiger partial charge in [0.2, 0.25) is 0 Å². The molecular weight excluding hydrogens is 1260 g/mol. The molecule has 0 unspecified atom stereocenters. The minimum atomic E-state index is -2.22. The lowest BCUT2D eigenvalue weighted by Gasteiger charge is -2.52. The third-order valence-electron chi connectivity index (χ3n) is 15.4. The SMILES string of the molecule is O=C(OC[C@H]1O[C@H](O[C@H]2C[C@@H](O[C@@H]3O[C@H](COC(=O)c4ccccc4)[C@@H](OC(=O)c4ccccc4)[C@H](OC(=O)c4ccccc4)[C@H]3OC(=O)c3ccccc3)C2(Cl)Cl)[C@@H](OC(=O)c2ccccc2)[C@@H](OC(=O)c2ccccc2)[C@@H]1OC(=O)c1ccccc1)c1ccccc1. The van der Waals surface area contributed by atoms with Crippen LogP contribution in [0.5, 0.6) is 0 Å². The van der Waals surface area contributed by atoms with Crippen molar-refractivity contribution in [1.82, 2.24) is 0 Å². The minimum Gasteiger partial charge on any atom is -0.459 e. The average Bonchev–Trinajstić information content (AvgIpc) is 0.749. The van der Waals surface area contributed by atoms with Gasteiger partial charge in [0, 0.05) is 6.42 Å². The highest BCUT2D eigenvalue weighted by Crippen LogP contribution is 2.50. The molecule has 2 heterocycles. The maximum atomic E-state index is 14.4. The van der Waals surface area contributed by atoms with Crippen molar-refractivity contribution in [2.24, 2.45) is 0 Å². The van der Waals surface area contributed by atoms with E-state index >= 15 is 0 Å². The van der Waals surface area contributed by atoms with Crippen molar-refractivity contribution < 1.29 is 95.2 Å². The van der Waals surface area contributed by atoms with E-state index < -0.39 is 139 Å². The van der Waals surface area contributed by atoms with Crippen LogP contribution >= 0.6 is 23.2 Å². The first-order valence-electron chi connectivity index (χ1n) is 29.7. The van der Waals surface area contributed by atoms with Crippen molar-refractivity contribution in [3.05, 3.63) is 287 Å². The van der Waals surface area contributed by atoms with Crippen LogP contribution in [-0.4, -0.2) is 139 Å². The van der Waals surface area contributed by atoms with E-state index in [1.807, 2.05) is 0 Å². The Morgan fingerprint density at radius 1 is 0.298 bits per heavy atom. The maximum Gasteiger partial charge on any atom is 0.338 e. The van der Waals surface area contributed by atoms with E-state index in [1.165, 1.54) is 97.1 Å². The molecule has 2 saturated heterocycles. The van der Waals surface area contributed by atoms with Crippen molar-refractivity contribution >= 4 is 71.0 Å². The van der Waals surface area contributed by atoms with Crippen LogP contribution in [0.4, 0.5) is 0 Å². The van der Waals surface area contributed by atoms with Crippen LogP contribution in [0.25, 0.3) is 0 Å². The molecule has 1 saturated carbocycles. The molecule has 0 aromatic heterocycles. The number of esters is 8. The van der Waals surface area contributed by atoms with E-state index in [-0.39, 0.29) is 50.9 Å². The van der Waals surface area contributed by atoms with Crippen LogP contribution in [0.3, 0.4) is 0 Å². The summed E-state index contributed by atoms with van der Waals surface area (Å²) in [6, 6.07) is 62.5. The smallest absolute Gasteiger partial charge is 0.338 e. The summed E-state index contributed by atoms with van der Waals surface area (Å²) in [5.74, 6) is -7.42. The summed E-state index contributed by atoms with van der Waals surface area (Å²) in [5.41, 5.74) is 0.526. The van der Waals surface area contributed by atoms with Crippen LogP contribution in [0, 0.1) is 0 Å². The van der Waals surface area contributed by atoms with Crippen molar-refractivity contribution in [2.75, 3.05) is 13.2 Å². The summed E-state index contributed by atoms with van der Waals surface area (Å²) in [7, 11) is 0. The number of benzene rings is 8.